The second-order valence-corrected chi connectivity index (χ2v) is 5.80. The van der Waals surface area contributed by atoms with Gasteiger partial charge < -0.3 is 10.5 Å². The predicted octanol–water partition coefficient (Wildman–Crippen LogP) is 4.98. The summed E-state index contributed by atoms with van der Waals surface area (Å²) in [7, 11) is 0. The van der Waals surface area contributed by atoms with E-state index in [1.165, 1.54) is 0 Å². The quantitative estimate of drug-likeness (QED) is 0.864. The van der Waals surface area contributed by atoms with Gasteiger partial charge in [0.15, 0.2) is 0 Å². The van der Waals surface area contributed by atoms with Crippen LogP contribution in [0.3, 0.4) is 0 Å². The first-order chi connectivity index (χ1) is 9.45. The largest absolute Gasteiger partial charge is 0.455 e. The van der Waals surface area contributed by atoms with Crippen molar-refractivity contribution < 1.29 is 4.74 Å². The molecule has 0 saturated heterocycles. The molecule has 1 unspecified atom stereocenters. The number of hydrogen-bond donors (Lipinski definition) is 1. The number of rotatable bonds is 4. The van der Waals surface area contributed by atoms with Crippen LogP contribution >= 0.6 is 23.2 Å². The Bertz CT molecular complexity index is 611. The van der Waals surface area contributed by atoms with Gasteiger partial charge in [-0.2, -0.15) is 0 Å². The number of aryl methyl sites for hydroxylation is 1. The molecular weight excluding hydrogens is 293 g/mol. The molecule has 0 aliphatic carbocycles. The van der Waals surface area contributed by atoms with Crippen LogP contribution in [-0.2, 0) is 6.42 Å². The molecule has 0 fully saturated rings. The average Bonchev–Trinajstić information content (AvgIpc) is 2.36. The highest BCUT2D eigenvalue weighted by Gasteiger charge is 2.08. The van der Waals surface area contributed by atoms with Gasteiger partial charge in [0.05, 0.1) is 5.02 Å². The zero-order valence-corrected chi connectivity index (χ0v) is 13.0. The van der Waals surface area contributed by atoms with E-state index < -0.39 is 0 Å². The Kier molecular flexibility index (Phi) is 4.92. The van der Waals surface area contributed by atoms with Crippen molar-refractivity contribution in [2.75, 3.05) is 0 Å². The third kappa shape index (κ3) is 3.89. The molecule has 0 bridgehead atoms. The van der Waals surface area contributed by atoms with E-state index in [2.05, 4.69) is 0 Å². The molecule has 20 heavy (non-hydrogen) atoms. The molecule has 2 nitrogen and oxygen atoms in total. The summed E-state index contributed by atoms with van der Waals surface area (Å²) in [6.07, 6.45) is 0.788. The molecule has 0 aromatic heterocycles. The Labute approximate surface area is 129 Å². The second-order valence-electron chi connectivity index (χ2n) is 4.96. The van der Waals surface area contributed by atoms with E-state index in [1.54, 1.807) is 6.07 Å². The van der Waals surface area contributed by atoms with Gasteiger partial charge in [-0.05, 0) is 55.7 Å². The van der Waals surface area contributed by atoms with E-state index >= 15 is 0 Å². The first kappa shape index (κ1) is 15.2. The zero-order chi connectivity index (χ0) is 14.7. The van der Waals surface area contributed by atoms with Crippen molar-refractivity contribution in [1.82, 2.24) is 0 Å². The van der Waals surface area contributed by atoms with Crippen LogP contribution in [0.5, 0.6) is 11.5 Å². The Morgan fingerprint density at radius 1 is 1.10 bits per heavy atom. The maximum Gasteiger partial charge on any atom is 0.146 e. The van der Waals surface area contributed by atoms with E-state index in [9.17, 15) is 0 Å². The highest BCUT2D eigenvalue weighted by atomic mass is 35.5. The number of hydrogen-bond acceptors (Lipinski definition) is 2. The van der Waals surface area contributed by atoms with Crippen LogP contribution < -0.4 is 10.5 Å². The van der Waals surface area contributed by atoms with E-state index in [0.29, 0.717) is 21.5 Å². The first-order valence-corrected chi connectivity index (χ1v) is 7.19. The monoisotopic (exact) mass is 309 g/mol. The van der Waals surface area contributed by atoms with Gasteiger partial charge in [0.25, 0.3) is 0 Å². The summed E-state index contributed by atoms with van der Waals surface area (Å²) in [5.41, 5.74) is 7.89. The minimum absolute atomic E-state index is 0.105. The standard InChI is InChI=1S/C16H17Cl2NO/c1-10-3-5-13(17)9-16(10)20-15-6-4-12(7-11(2)19)8-14(15)18/h3-6,8-9,11H,7,19H2,1-2H3. The SMILES string of the molecule is Cc1ccc(Cl)cc1Oc1ccc(CC(C)N)cc1Cl. The van der Waals surface area contributed by atoms with Gasteiger partial charge in [0, 0.05) is 11.1 Å². The van der Waals surface area contributed by atoms with Gasteiger partial charge in [0.1, 0.15) is 11.5 Å². The summed E-state index contributed by atoms with van der Waals surface area (Å²) < 4.78 is 5.83. The fourth-order valence-electron chi connectivity index (χ4n) is 1.93. The van der Waals surface area contributed by atoms with Crippen molar-refractivity contribution in [2.24, 2.45) is 5.73 Å². The minimum Gasteiger partial charge on any atom is -0.455 e. The molecular formula is C16H17Cl2NO. The van der Waals surface area contributed by atoms with E-state index in [1.807, 2.05) is 44.2 Å². The van der Waals surface area contributed by atoms with E-state index in [4.69, 9.17) is 33.7 Å². The van der Waals surface area contributed by atoms with Crippen LogP contribution in [0.2, 0.25) is 10.0 Å². The molecule has 2 N–H and O–H groups in total. The maximum absolute atomic E-state index is 6.26. The Morgan fingerprint density at radius 3 is 2.50 bits per heavy atom. The summed E-state index contributed by atoms with van der Waals surface area (Å²) in [4.78, 5) is 0. The van der Waals surface area contributed by atoms with E-state index in [-0.39, 0.29) is 6.04 Å². The van der Waals surface area contributed by atoms with E-state index in [0.717, 1.165) is 17.5 Å². The Hall–Kier alpha value is -1.22. The lowest BCUT2D eigenvalue weighted by Crippen LogP contribution is -2.17. The van der Waals surface area contributed by atoms with Crippen molar-refractivity contribution in [3.8, 4) is 11.5 Å². The summed E-state index contributed by atoms with van der Waals surface area (Å²) in [6, 6.07) is 11.4. The fraction of sp³-hybridized carbons (Fsp3) is 0.250. The summed E-state index contributed by atoms with van der Waals surface area (Å²) >= 11 is 12.2. The van der Waals surface area contributed by atoms with Crippen molar-refractivity contribution in [3.05, 3.63) is 57.6 Å². The zero-order valence-electron chi connectivity index (χ0n) is 11.5. The minimum atomic E-state index is 0.105. The van der Waals surface area contributed by atoms with Crippen molar-refractivity contribution >= 4 is 23.2 Å². The molecule has 0 radical (unpaired) electrons. The van der Waals surface area contributed by atoms with Crippen LogP contribution in [0.1, 0.15) is 18.1 Å². The smallest absolute Gasteiger partial charge is 0.146 e. The third-order valence-electron chi connectivity index (χ3n) is 2.92. The second kappa shape index (κ2) is 6.49. The summed E-state index contributed by atoms with van der Waals surface area (Å²) in [5, 5.41) is 1.21. The van der Waals surface area contributed by atoms with Gasteiger partial charge >= 0.3 is 0 Å². The molecule has 0 aliphatic heterocycles. The first-order valence-electron chi connectivity index (χ1n) is 6.43. The lowest BCUT2D eigenvalue weighted by Gasteiger charge is -2.12. The normalized spacial score (nSPS) is 12.2. The Balaban J connectivity index is 2.23. The van der Waals surface area contributed by atoms with Crippen molar-refractivity contribution in [3.63, 3.8) is 0 Å². The van der Waals surface area contributed by atoms with Crippen LogP contribution in [0.4, 0.5) is 0 Å². The molecule has 106 valence electrons. The lowest BCUT2D eigenvalue weighted by molar-refractivity contribution is 0.479. The molecule has 4 heteroatoms. The molecule has 0 aliphatic rings. The fourth-order valence-corrected chi connectivity index (χ4v) is 2.33. The number of nitrogens with two attached hydrogens (primary N) is 1. The molecule has 2 aromatic rings. The lowest BCUT2D eigenvalue weighted by atomic mass is 10.1. The van der Waals surface area contributed by atoms with Crippen LogP contribution in [0.15, 0.2) is 36.4 Å². The summed E-state index contributed by atoms with van der Waals surface area (Å²) in [5.74, 6) is 1.32. The third-order valence-corrected chi connectivity index (χ3v) is 3.45. The number of benzene rings is 2. The average molecular weight is 310 g/mol. The predicted molar refractivity (Wildman–Crippen MR) is 85.1 cm³/mol. The maximum atomic E-state index is 6.26. The van der Waals surface area contributed by atoms with Gasteiger partial charge in [-0.25, -0.2) is 0 Å². The van der Waals surface area contributed by atoms with Crippen LogP contribution in [0.25, 0.3) is 0 Å². The Morgan fingerprint density at radius 2 is 1.85 bits per heavy atom. The summed E-state index contributed by atoms with van der Waals surface area (Å²) in [6.45, 7) is 3.93. The highest BCUT2D eigenvalue weighted by Crippen LogP contribution is 2.33. The van der Waals surface area contributed by atoms with Crippen LogP contribution in [-0.4, -0.2) is 6.04 Å². The molecule has 0 heterocycles. The van der Waals surface area contributed by atoms with Gasteiger partial charge in [-0.3, -0.25) is 0 Å². The van der Waals surface area contributed by atoms with Gasteiger partial charge in [-0.1, -0.05) is 35.3 Å². The van der Waals surface area contributed by atoms with Crippen molar-refractivity contribution in [1.29, 1.82) is 0 Å². The molecule has 0 saturated carbocycles. The molecule has 1 atom stereocenters. The van der Waals surface area contributed by atoms with Gasteiger partial charge in [0.2, 0.25) is 0 Å². The molecule has 0 amide bonds. The van der Waals surface area contributed by atoms with Gasteiger partial charge in [-0.15, -0.1) is 0 Å². The molecule has 0 spiro atoms. The number of halogens is 2. The van der Waals surface area contributed by atoms with Crippen LogP contribution in [0, 0.1) is 6.92 Å². The topological polar surface area (TPSA) is 35.2 Å². The molecule has 2 rings (SSSR count). The number of ether oxygens (including phenoxy) is 1. The molecule has 2 aromatic carbocycles. The highest BCUT2D eigenvalue weighted by molar-refractivity contribution is 6.32. The van der Waals surface area contributed by atoms with Crippen molar-refractivity contribution in [2.45, 2.75) is 26.3 Å².